The van der Waals surface area contributed by atoms with Crippen LogP contribution in [0.2, 0.25) is 0 Å². The van der Waals surface area contributed by atoms with E-state index in [0.29, 0.717) is 10.8 Å². The number of carboxylic acids is 1. The fourth-order valence-electron chi connectivity index (χ4n) is 3.42. The molecule has 1 aromatic heterocycles. The van der Waals surface area contributed by atoms with Crippen LogP contribution in [0.1, 0.15) is 81.5 Å². The Balaban J connectivity index is 1.62. The summed E-state index contributed by atoms with van der Waals surface area (Å²) in [5.41, 5.74) is 2.45. The highest BCUT2D eigenvalue weighted by Crippen LogP contribution is 2.33. The Morgan fingerprint density at radius 2 is 1.68 bits per heavy atom. The molecular weight excluding hydrogens is 334 g/mol. The van der Waals surface area contributed by atoms with Crippen molar-refractivity contribution in [3.8, 4) is 0 Å². The Hall–Kier alpha value is -2.14. The van der Waals surface area contributed by atoms with E-state index in [1.165, 1.54) is 43.7 Å². The van der Waals surface area contributed by atoms with Crippen LogP contribution in [-0.4, -0.2) is 17.0 Å². The van der Waals surface area contributed by atoms with Crippen molar-refractivity contribution in [3.63, 3.8) is 0 Å². The molecule has 2 aromatic rings. The Bertz CT molecular complexity index is 745. The van der Waals surface area contributed by atoms with E-state index in [2.05, 4.69) is 29.6 Å². The van der Waals surface area contributed by atoms with E-state index in [1.807, 2.05) is 6.92 Å². The first-order valence-corrected chi connectivity index (χ1v) is 9.60. The SMILES string of the molecule is CC(NC(=O)c1ccc(C(=O)O)s1)c1ccc(C2CCCCC2)cc1. The number of amides is 1. The molecule has 25 heavy (non-hydrogen) atoms. The first-order valence-electron chi connectivity index (χ1n) is 8.78. The molecule has 0 aliphatic heterocycles. The van der Waals surface area contributed by atoms with Crippen molar-refractivity contribution in [2.75, 3.05) is 0 Å². The topological polar surface area (TPSA) is 66.4 Å². The van der Waals surface area contributed by atoms with Crippen LogP contribution in [0.4, 0.5) is 0 Å². The van der Waals surface area contributed by atoms with Gasteiger partial charge in [-0.1, -0.05) is 43.5 Å². The molecule has 1 aliphatic rings. The second-order valence-electron chi connectivity index (χ2n) is 6.67. The molecule has 1 fully saturated rings. The molecule has 1 amide bonds. The monoisotopic (exact) mass is 357 g/mol. The highest BCUT2D eigenvalue weighted by molar-refractivity contribution is 7.15. The van der Waals surface area contributed by atoms with E-state index in [9.17, 15) is 9.59 Å². The van der Waals surface area contributed by atoms with E-state index in [-0.39, 0.29) is 16.8 Å². The minimum atomic E-state index is -1.00. The molecular formula is C20H23NO3S. The van der Waals surface area contributed by atoms with Crippen LogP contribution in [0.3, 0.4) is 0 Å². The van der Waals surface area contributed by atoms with Crippen molar-refractivity contribution in [1.29, 1.82) is 0 Å². The van der Waals surface area contributed by atoms with Gasteiger partial charge in [0, 0.05) is 0 Å². The number of benzene rings is 1. The standard InChI is InChI=1S/C20H23NO3S/c1-13(21-19(22)17-11-12-18(25-17)20(23)24)14-7-9-16(10-8-14)15-5-3-2-4-6-15/h7-13,15H,2-6H2,1H3,(H,21,22)(H,23,24). The van der Waals surface area contributed by atoms with Gasteiger partial charge in [-0.05, 0) is 48.9 Å². The predicted molar refractivity (Wildman–Crippen MR) is 99.4 cm³/mol. The number of nitrogens with one attached hydrogen (secondary N) is 1. The average Bonchev–Trinajstić information content (AvgIpc) is 3.13. The lowest BCUT2D eigenvalue weighted by Crippen LogP contribution is -2.25. The van der Waals surface area contributed by atoms with Gasteiger partial charge < -0.3 is 10.4 Å². The zero-order chi connectivity index (χ0) is 17.8. The quantitative estimate of drug-likeness (QED) is 0.792. The van der Waals surface area contributed by atoms with Crippen LogP contribution in [0.25, 0.3) is 0 Å². The number of rotatable bonds is 5. The van der Waals surface area contributed by atoms with Crippen LogP contribution < -0.4 is 5.32 Å². The maximum absolute atomic E-state index is 12.3. The van der Waals surface area contributed by atoms with Crippen molar-refractivity contribution < 1.29 is 14.7 Å². The number of hydrogen-bond donors (Lipinski definition) is 2. The molecule has 1 saturated carbocycles. The van der Waals surface area contributed by atoms with E-state index in [1.54, 1.807) is 6.07 Å². The molecule has 1 unspecified atom stereocenters. The third-order valence-corrected chi connectivity index (χ3v) is 5.97. The maximum Gasteiger partial charge on any atom is 0.345 e. The maximum atomic E-state index is 12.3. The minimum absolute atomic E-state index is 0.122. The Morgan fingerprint density at radius 3 is 2.28 bits per heavy atom. The van der Waals surface area contributed by atoms with Crippen LogP contribution in [0.5, 0.6) is 0 Å². The summed E-state index contributed by atoms with van der Waals surface area (Å²) in [6, 6.07) is 11.4. The van der Waals surface area contributed by atoms with Gasteiger partial charge in [0.2, 0.25) is 0 Å². The lowest BCUT2D eigenvalue weighted by atomic mass is 9.84. The van der Waals surface area contributed by atoms with Gasteiger partial charge >= 0.3 is 5.97 Å². The van der Waals surface area contributed by atoms with Crippen molar-refractivity contribution in [1.82, 2.24) is 5.32 Å². The minimum Gasteiger partial charge on any atom is -0.477 e. The molecule has 1 aliphatic carbocycles. The highest BCUT2D eigenvalue weighted by atomic mass is 32.1. The molecule has 5 heteroatoms. The Morgan fingerprint density at radius 1 is 1.04 bits per heavy atom. The van der Waals surface area contributed by atoms with E-state index < -0.39 is 5.97 Å². The van der Waals surface area contributed by atoms with Gasteiger partial charge in [-0.15, -0.1) is 11.3 Å². The van der Waals surface area contributed by atoms with Gasteiger partial charge in [-0.3, -0.25) is 4.79 Å². The number of carboxylic acid groups (broad SMARTS) is 1. The predicted octanol–water partition coefficient (Wildman–Crippen LogP) is 4.99. The summed E-state index contributed by atoms with van der Waals surface area (Å²) in [6.07, 6.45) is 6.53. The van der Waals surface area contributed by atoms with Crippen LogP contribution >= 0.6 is 11.3 Å². The average molecular weight is 357 g/mol. The molecule has 0 radical (unpaired) electrons. The molecule has 1 atom stereocenters. The fraction of sp³-hybridized carbons (Fsp3) is 0.400. The lowest BCUT2D eigenvalue weighted by Gasteiger charge is -2.22. The van der Waals surface area contributed by atoms with Crippen molar-refractivity contribution in [2.45, 2.75) is 51.0 Å². The summed E-state index contributed by atoms with van der Waals surface area (Å²) in [5, 5.41) is 11.9. The van der Waals surface area contributed by atoms with Gasteiger partial charge in [0.15, 0.2) is 0 Å². The molecule has 0 bridgehead atoms. The molecule has 3 rings (SSSR count). The molecule has 0 spiro atoms. The molecule has 1 aromatic carbocycles. The summed E-state index contributed by atoms with van der Waals surface area (Å²) >= 11 is 0.996. The number of carbonyl (C=O) groups is 2. The van der Waals surface area contributed by atoms with Gasteiger partial charge in [0.05, 0.1) is 10.9 Å². The normalized spacial score (nSPS) is 16.4. The summed E-state index contributed by atoms with van der Waals surface area (Å²) in [5.74, 6) is -0.565. The summed E-state index contributed by atoms with van der Waals surface area (Å²) in [4.78, 5) is 23.8. The van der Waals surface area contributed by atoms with Crippen molar-refractivity contribution >= 4 is 23.2 Å². The Labute approximate surface area is 151 Å². The zero-order valence-electron chi connectivity index (χ0n) is 14.3. The summed E-state index contributed by atoms with van der Waals surface area (Å²) < 4.78 is 0. The number of thiophene rings is 1. The van der Waals surface area contributed by atoms with Gasteiger partial charge in [-0.2, -0.15) is 0 Å². The molecule has 2 N–H and O–H groups in total. The van der Waals surface area contributed by atoms with Gasteiger partial charge in [-0.25, -0.2) is 4.79 Å². The lowest BCUT2D eigenvalue weighted by molar-refractivity contribution is 0.0702. The zero-order valence-corrected chi connectivity index (χ0v) is 15.1. The largest absolute Gasteiger partial charge is 0.477 e. The Kier molecular flexibility index (Phi) is 5.53. The van der Waals surface area contributed by atoms with E-state index in [4.69, 9.17) is 5.11 Å². The van der Waals surface area contributed by atoms with Crippen LogP contribution in [-0.2, 0) is 0 Å². The first-order chi connectivity index (χ1) is 12.0. The molecule has 4 nitrogen and oxygen atoms in total. The number of aromatic carboxylic acids is 1. The van der Waals surface area contributed by atoms with Gasteiger partial charge in [0.1, 0.15) is 4.88 Å². The smallest absolute Gasteiger partial charge is 0.345 e. The van der Waals surface area contributed by atoms with Crippen LogP contribution in [0, 0.1) is 0 Å². The first kappa shape index (κ1) is 17.7. The van der Waals surface area contributed by atoms with Crippen molar-refractivity contribution in [2.24, 2.45) is 0 Å². The van der Waals surface area contributed by atoms with Crippen molar-refractivity contribution in [3.05, 3.63) is 57.3 Å². The second-order valence-corrected chi connectivity index (χ2v) is 7.75. The van der Waals surface area contributed by atoms with E-state index >= 15 is 0 Å². The van der Waals surface area contributed by atoms with E-state index in [0.717, 1.165) is 16.9 Å². The number of carbonyl (C=O) groups excluding carboxylic acids is 1. The number of hydrogen-bond acceptors (Lipinski definition) is 3. The molecule has 1 heterocycles. The molecule has 0 saturated heterocycles. The second kappa shape index (κ2) is 7.83. The third-order valence-electron chi connectivity index (χ3n) is 4.90. The summed E-state index contributed by atoms with van der Waals surface area (Å²) in [7, 11) is 0. The highest BCUT2D eigenvalue weighted by Gasteiger charge is 2.18. The van der Waals surface area contributed by atoms with Gasteiger partial charge in [0.25, 0.3) is 5.91 Å². The van der Waals surface area contributed by atoms with Crippen LogP contribution in [0.15, 0.2) is 36.4 Å². The molecule has 132 valence electrons. The fourth-order valence-corrected chi connectivity index (χ4v) is 4.17. The summed E-state index contributed by atoms with van der Waals surface area (Å²) in [6.45, 7) is 1.94. The third kappa shape index (κ3) is 4.28.